The van der Waals surface area contributed by atoms with Crippen molar-refractivity contribution in [1.82, 2.24) is 0 Å². The van der Waals surface area contributed by atoms with Crippen LogP contribution in [0.5, 0.6) is 0 Å². The Bertz CT molecular complexity index is 1290. The van der Waals surface area contributed by atoms with Crippen LogP contribution in [0.1, 0.15) is 33.4 Å². The normalized spacial score (nSPS) is 10.6. The monoisotopic (exact) mass is 738 g/mol. The van der Waals surface area contributed by atoms with Gasteiger partial charge in [-0.1, -0.05) is 182 Å². The summed E-state index contributed by atoms with van der Waals surface area (Å²) in [6.07, 6.45) is 7.39. The topological polar surface area (TPSA) is 0 Å². The zero-order valence-electron chi connectivity index (χ0n) is 26.6. The Morgan fingerprint density at radius 3 is 0.532 bits per heavy atom. The van der Waals surface area contributed by atoms with Gasteiger partial charge in [0.1, 0.15) is 0 Å². The van der Waals surface area contributed by atoms with Gasteiger partial charge in [-0.3, -0.25) is 0 Å². The van der Waals surface area contributed by atoms with Crippen molar-refractivity contribution in [2.75, 3.05) is 0 Å². The van der Waals surface area contributed by atoms with E-state index in [0.29, 0.717) is 12.7 Å². The Hall–Kier alpha value is -2.75. The van der Waals surface area contributed by atoms with E-state index in [9.17, 15) is 0 Å². The van der Waals surface area contributed by atoms with Crippen molar-refractivity contribution in [3.63, 3.8) is 0 Å². The summed E-state index contributed by atoms with van der Waals surface area (Å²) in [6.45, 7) is 0. The fraction of sp³-hybridized carbons (Fsp3) is 0.143. The van der Waals surface area contributed by atoms with Crippen molar-refractivity contribution >= 4 is 36.2 Å². The average molecular weight is 740 g/mol. The Kier molecular flexibility index (Phi) is 18.0. The third-order valence-electron chi connectivity index (χ3n) is 7.78. The summed E-state index contributed by atoms with van der Waals surface area (Å²) in [4.78, 5) is 0. The van der Waals surface area contributed by atoms with Gasteiger partial charge < -0.3 is 0 Å². The van der Waals surface area contributed by atoms with Crippen LogP contribution in [0, 0.1) is 0 Å². The van der Waals surface area contributed by atoms with E-state index in [-0.39, 0.29) is 0 Å². The molecule has 0 unspecified atom stereocenters. The van der Waals surface area contributed by atoms with E-state index in [2.05, 4.69) is 182 Å². The molecule has 0 saturated carbocycles. The minimum atomic E-state index is -0.502. The molecule has 0 N–H and O–H groups in total. The Morgan fingerprint density at radius 2 is 0.404 bits per heavy atom. The molecule has 0 radical (unpaired) electrons. The van der Waals surface area contributed by atoms with Crippen LogP contribution in [0.4, 0.5) is 0 Å². The summed E-state index contributed by atoms with van der Waals surface area (Å²) in [6, 6.07) is 65.6. The maximum Gasteiger partial charge on any atom is 0.0826 e. The molecule has 0 spiro atoms. The van der Waals surface area contributed by atoms with Crippen LogP contribution in [0.15, 0.2) is 182 Å². The van der Waals surface area contributed by atoms with Crippen LogP contribution < -0.4 is 0 Å². The van der Waals surface area contributed by atoms with E-state index < -0.39 is 15.8 Å². The second kappa shape index (κ2) is 22.8. The second-order valence-electron chi connectivity index (χ2n) is 11.5. The molecule has 6 aromatic rings. The van der Waals surface area contributed by atoms with Gasteiger partial charge in [-0.05, 0) is 33.4 Å². The number of rotatable bonds is 12. The van der Waals surface area contributed by atoms with Crippen LogP contribution in [0.25, 0.3) is 0 Å². The minimum Gasteiger partial charge on any atom is -0.0622 e. The quantitative estimate of drug-likeness (QED) is 0.0866. The Morgan fingerprint density at radius 1 is 0.277 bits per heavy atom. The maximum atomic E-state index is 4.70. The van der Waals surface area contributed by atoms with E-state index >= 15 is 0 Å². The number of hydrogen-bond acceptors (Lipinski definition) is 0. The summed E-state index contributed by atoms with van der Waals surface area (Å²) in [5, 5.41) is 0. The number of hydrogen-bond donors (Lipinski definition) is 0. The molecule has 47 heavy (non-hydrogen) atoms. The third kappa shape index (κ3) is 15.3. The van der Waals surface area contributed by atoms with Crippen LogP contribution in [-0.4, -0.2) is 0 Å². The van der Waals surface area contributed by atoms with Crippen molar-refractivity contribution in [3.05, 3.63) is 215 Å². The molecule has 0 atom stereocenters. The van der Waals surface area contributed by atoms with E-state index in [0.717, 1.165) is 0 Å². The van der Waals surface area contributed by atoms with Gasteiger partial charge in [-0.2, -0.15) is 0 Å². The molecule has 0 aliphatic rings. The van der Waals surface area contributed by atoms with E-state index in [1.807, 2.05) is 0 Å². The fourth-order valence-corrected chi connectivity index (χ4v) is 11.3. The van der Waals surface area contributed by atoms with Gasteiger partial charge in [0.05, 0.1) is 37.0 Å². The molecule has 0 heterocycles. The minimum absolute atomic E-state index is 0.502. The Balaban J connectivity index is 0.000000197. The van der Waals surface area contributed by atoms with Crippen LogP contribution in [0.2, 0.25) is 0 Å². The predicted octanol–water partition coefficient (Wildman–Crippen LogP) is 13.0. The molecule has 0 fully saturated rings. The summed E-state index contributed by atoms with van der Waals surface area (Å²) in [5.74, 6) is 0. The first kappa shape index (κ1) is 37.1. The van der Waals surface area contributed by atoms with Crippen LogP contribution in [0.3, 0.4) is 0 Å². The first-order chi connectivity index (χ1) is 23.2. The van der Waals surface area contributed by atoms with Gasteiger partial charge in [0.15, 0.2) is 0 Å². The average Bonchev–Trinajstić information content (AvgIpc) is 3.12. The third-order valence-corrected chi connectivity index (χ3v) is 13.2. The molecule has 0 saturated heterocycles. The van der Waals surface area contributed by atoms with Gasteiger partial charge in [-0.25, -0.2) is 0 Å². The standard InChI is InChI=1S/2C21H21P.2ClH.Ni/c2*1-4-10-19(11-5-1)16-22(17-20-12-6-2-7-13-20)18-21-14-8-3-9-15-21;;;/h2*1-15H,16-18H2;2*1H;/q;;;;+2. The summed E-state index contributed by atoms with van der Waals surface area (Å²) in [5.41, 5.74) is 8.85. The van der Waals surface area contributed by atoms with Crippen molar-refractivity contribution in [2.24, 2.45) is 0 Å². The first-order valence-electron chi connectivity index (χ1n) is 15.9. The van der Waals surface area contributed by atoms with Gasteiger partial charge in [0.25, 0.3) is 0 Å². The number of benzene rings is 6. The SMILES string of the molecule is [Cl][Ni][Cl].c1ccc(C[PH+](Cc2ccccc2)Cc2ccccc2)cc1.c1ccc(C[PH+](Cc2ccccc2)Cc2ccccc2)cc1. The first-order valence-corrected chi connectivity index (χ1v) is 22.9. The smallest absolute Gasteiger partial charge is 0.0622 e. The van der Waals surface area contributed by atoms with Crippen molar-refractivity contribution in [3.8, 4) is 0 Å². The molecule has 6 aromatic carbocycles. The zero-order valence-corrected chi connectivity index (χ0v) is 31.1. The Labute approximate surface area is 299 Å². The van der Waals surface area contributed by atoms with Gasteiger partial charge >= 0.3 is 33.0 Å². The van der Waals surface area contributed by atoms with Gasteiger partial charge in [0.2, 0.25) is 0 Å². The van der Waals surface area contributed by atoms with Crippen LogP contribution >= 0.6 is 36.2 Å². The summed E-state index contributed by atoms with van der Waals surface area (Å²) < 4.78 is 0. The summed E-state index contributed by atoms with van der Waals surface area (Å²) >= 11 is 0.569. The molecule has 0 nitrogen and oxygen atoms in total. The van der Waals surface area contributed by atoms with Crippen molar-refractivity contribution in [1.29, 1.82) is 0 Å². The van der Waals surface area contributed by atoms with Crippen molar-refractivity contribution in [2.45, 2.75) is 37.0 Å². The van der Waals surface area contributed by atoms with Gasteiger partial charge in [-0.15, -0.1) is 0 Å². The molecule has 244 valence electrons. The largest absolute Gasteiger partial charge is 0.0826 e. The molecular formula is C42H44Cl2NiP2+2. The molecule has 0 amide bonds. The maximum absolute atomic E-state index is 4.70. The fourth-order valence-electron chi connectivity index (χ4n) is 5.68. The van der Waals surface area contributed by atoms with Crippen LogP contribution in [-0.2, 0) is 49.6 Å². The summed E-state index contributed by atoms with van der Waals surface area (Å²) in [7, 11) is 8.40. The zero-order chi connectivity index (χ0) is 32.8. The molecule has 0 aromatic heterocycles. The second-order valence-corrected chi connectivity index (χ2v) is 18.3. The molecular weight excluding hydrogens is 696 g/mol. The molecule has 0 aliphatic carbocycles. The molecule has 5 heteroatoms. The molecule has 0 aliphatic heterocycles. The number of halogens is 2. The van der Waals surface area contributed by atoms with E-state index in [1.54, 1.807) is 0 Å². The van der Waals surface area contributed by atoms with Gasteiger partial charge in [0, 0.05) is 15.8 Å². The van der Waals surface area contributed by atoms with Crippen molar-refractivity contribution < 1.29 is 12.7 Å². The predicted molar refractivity (Wildman–Crippen MR) is 209 cm³/mol. The molecule has 6 rings (SSSR count). The van der Waals surface area contributed by atoms with E-state index in [1.165, 1.54) is 70.4 Å². The van der Waals surface area contributed by atoms with E-state index in [4.69, 9.17) is 20.4 Å². The molecule has 0 bridgehead atoms.